The third-order valence-electron chi connectivity index (χ3n) is 5.94. The fourth-order valence-corrected chi connectivity index (χ4v) is 5.06. The van der Waals surface area contributed by atoms with E-state index in [1.165, 1.54) is 25.3 Å². The Bertz CT molecular complexity index is 1630. The number of rotatable bonds is 8. The number of ether oxygens (including phenoxy) is 1. The highest BCUT2D eigenvalue weighted by Crippen LogP contribution is 2.41. The van der Waals surface area contributed by atoms with Crippen LogP contribution in [0, 0.1) is 6.92 Å². The first-order valence-electron chi connectivity index (χ1n) is 11.8. The van der Waals surface area contributed by atoms with Gasteiger partial charge in [0.2, 0.25) is 0 Å². The third kappa shape index (κ3) is 6.73. The molecule has 15 heteroatoms. The van der Waals surface area contributed by atoms with E-state index >= 15 is 0 Å². The minimum Gasteiger partial charge on any atom is -0.378 e. The average Bonchev–Trinajstić information content (AvgIpc) is 3.21. The lowest BCUT2D eigenvalue weighted by Gasteiger charge is -2.28. The van der Waals surface area contributed by atoms with E-state index in [0.29, 0.717) is 16.3 Å². The number of alkyl halides is 3. The van der Waals surface area contributed by atoms with Gasteiger partial charge in [0.15, 0.2) is 0 Å². The standard InChI is InChI=1S/C26H24ClF3N4O6S/c1-14-19(27)9-6-10-20(14)32-24(36)17-11-15(31-23(35)16-7-4-5-8-18(16)26(28,29)30)12-21-22(17)34-25(33-21,13-39-2)40-41(3,37)38/h4-12,33-34H,13H2,1-3H3,(H,31,35)(H,32,36). The number of methoxy groups -OCH3 is 1. The van der Waals surface area contributed by atoms with Gasteiger partial charge in [0, 0.05) is 23.5 Å². The van der Waals surface area contributed by atoms with Crippen molar-refractivity contribution in [1.29, 1.82) is 0 Å². The summed E-state index contributed by atoms with van der Waals surface area (Å²) in [5.74, 6) is -3.67. The van der Waals surface area contributed by atoms with Gasteiger partial charge in [-0.2, -0.15) is 21.6 Å². The Labute approximate surface area is 238 Å². The topological polar surface area (TPSA) is 135 Å². The summed E-state index contributed by atoms with van der Waals surface area (Å²) in [6, 6.07) is 11.6. The lowest BCUT2D eigenvalue weighted by Crippen LogP contribution is -2.50. The number of hydrogen-bond donors (Lipinski definition) is 4. The molecule has 4 N–H and O–H groups in total. The predicted octanol–water partition coefficient (Wildman–Crippen LogP) is 5.29. The zero-order valence-electron chi connectivity index (χ0n) is 21.8. The van der Waals surface area contributed by atoms with Crippen LogP contribution in [0.25, 0.3) is 0 Å². The molecule has 1 unspecified atom stereocenters. The highest BCUT2D eigenvalue weighted by atomic mass is 35.5. The van der Waals surface area contributed by atoms with Crippen LogP contribution >= 0.6 is 11.6 Å². The number of halogens is 4. The lowest BCUT2D eigenvalue weighted by molar-refractivity contribution is -0.137. The molecule has 3 aromatic rings. The smallest absolute Gasteiger partial charge is 0.378 e. The van der Waals surface area contributed by atoms with Crippen LogP contribution in [0.5, 0.6) is 0 Å². The minimum absolute atomic E-state index is 0.0689. The van der Waals surface area contributed by atoms with E-state index in [1.54, 1.807) is 25.1 Å². The summed E-state index contributed by atoms with van der Waals surface area (Å²) < 4.78 is 75.0. The summed E-state index contributed by atoms with van der Waals surface area (Å²) in [6.07, 6.45) is -3.98. The van der Waals surface area contributed by atoms with E-state index in [4.69, 9.17) is 20.5 Å². The van der Waals surface area contributed by atoms with Crippen LogP contribution in [0.4, 0.5) is 35.9 Å². The highest BCUT2D eigenvalue weighted by Gasteiger charge is 2.43. The Hall–Kier alpha value is -3.85. The fourth-order valence-electron chi connectivity index (χ4n) is 4.24. The molecule has 3 aromatic carbocycles. The van der Waals surface area contributed by atoms with E-state index in [0.717, 1.165) is 24.5 Å². The molecule has 1 aliphatic rings. The number of hydrogen-bond acceptors (Lipinski definition) is 8. The molecular formula is C26H24ClF3N4O6S. The summed E-state index contributed by atoms with van der Waals surface area (Å²) in [5.41, 5.74) is -0.852. The summed E-state index contributed by atoms with van der Waals surface area (Å²) >= 11 is 6.17. The quantitative estimate of drug-likeness (QED) is 0.252. The van der Waals surface area contributed by atoms with Crippen LogP contribution in [0.1, 0.15) is 31.8 Å². The van der Waals surface area contributed by atoms with E-state index in [2.05, 4.69) is 21.3 Å². The number of amides is 2. The van der Waals surface area contributed by atoms with Crippen LogP contribution in [0.15, 0.2) is 54.6 Å². The molecule has 0 aliphatic carbocycles. The van der Waals surface area contributed by atoms with Crippen molar-refractivity contribution >= 4 is 56.3 Å². The number of carbonyl (C=O) groups is 2. The Morgan fingerprint density at radius 1 is 1.00 bits per heavy atom. The number of anilines is 4. The number of fused-ring (bicyclic) bond motifs is 1. The van der Waals surface area contributed by atoms with E-state index in [-0.39, 0.29) is 29.2 Å². The molecule has 0 spiro atoms. The first-order valence-corrected chi connectivity index (χ1v) is 14.0. The molecule has 0 fully saturated rings. The van der Waals surface area contributed by atoms with Crippen molar-refractivity contribution in [2.75, 3.05) is 41.2 Å². The number of nitrogens with one attached hydrogen (secondary N) is 4. The normalized spacial score (nSPS) is 16.4. The van der Waals surface area contributed by atoms with Gasteiger partial charge in [-0.3, -0.25) is 9.59 Å². The Morgan fingerprint density at radius 2 is 1.68 bits per heavy atom. The Kier molecular flexibility index (Phi) is 8.23. The Morgan fingerprint density at radius 3 is 2.34 bits per heavy atom. The second kappa shape index (κ2) is 11.2. The Balaban J connectivity index is 1.78. The maximum absolute atomic E-state index is 13.5. The van der Waals surface area contributed by atoms with E-state index in [1.807, 2.05) is 0 Å². The van der Waals surface area contributed by atoms with Crippen LogP contribution in [0.2, 0.25) is 5.02 Å². The number of carbonyl (C=O) groups excluding carboxylic acids is 2. The van der Waals surface area contributed by atoms with Crippen molar-refractivity contribution in [3.05, 3.63) is 81.9 Å². The third-order valence-corrected chi connectivity index (χ3v) is 6.94. The molecule has 4 rings (SSSR count). The van der Waals surface area contributed by atoms with Crippen molar-refractivity contribution in [3.63, 3.8) is 0 Å². The van der Waals surface area contributed by atoms with E-state index < -0.39 is 45.1 Å². The zero-order chi connectivity index (χ0) is 30.2. The maximum atomic E-state index is 13.5. The molecule has 0 aromatic heterocycles. The van der Waals surface area contributed by atoms with Crippen molar-refractivity contribution < 1.29 is 40.1 Å². The maximum Gasteiger partial charge on any atom is 0.417 e. The van der Waals surface area contributed by atoms with Crippen LogP contribution < -0.4 is 21.3 Å². The molecule has 41 heavy (non-hydrogen) atoms. The summed E-state index contributed by atoms with van der Waals surface area (Å²) in [7, 11) is -2.79. The SMILES string of the molecule is COCC1(OS(C)(=O)=O)Nc2cc(NC(=O)c3ccccc3C(F)(F)F)cc(C(=O)Nc3cccc(Cl)c3C)c2N1. The first-order chi connectivity index (χ1) is 19.1. The van der Waals surface area contributed by atoms with Gasteiger partial charge in [-0.05, 0) is 48.9 Å². The molecule has 10 nitrogen and oxygen atoms in total. The van der Waals surface area contributed by atoms with E-state index in [9.17, 15) is 31.2 Å². The van der Waals surface area contributed by atoms with Gasteiger partial charge >= 0.3 is 6.18 Å². The second-order valence-electron chi connectivity index (χ2n) is 9.11. The van der Waals surface area contributed by atoms with Gasteiger partial charge in [0.1, 0.15) is 6.61 Å². The van der Waals surface area contributed by atoms with Gasteiger partial charge in [-0.15, -0.1) is 0 Å². The predicted molar refractivity (Wildman–Crippen MR) is 148 cm³/mol. The molecule has 2 amide bonds. The number of benzene rings is 3. The van der Waals surface area contributed by atoms with Crippen molar-refractivity contribution in [3.8, 4) is 0 Å². The minimum atomic E-state index is -4.79. The van der Waals surface area contributed by atoms with Crippen LogP contribution in [0.3, 0.4) is 0 Å². The molecule has 218 valence electrons. The molecule has 0 saturated carbocycles. The van der Waals surface area contributed by atoms with Crippen molar-refractivity contribution in [2.45, 2.75) is 18.9 Å². The van der Waals surface area contributed by atoms with Gasteiger partial charge in [-0.1, -0.05) is 29.8 Å². The monoisotopic (exact) mass is 612 g/mol. The molecule has 1 heterocycles. The van der Waals surface area contributed by atoms with Gasteiger partial charge < -0.3 is 26.0 Å². The molecule has 1 aliphatic heterocycles. The summed E-state index contributed by atoms with van der Waals surface area (Å²) in [4.78, 5) is 26.5. The summed E-state index contributed by atoms with van der Waals surface area (Å²) in [5, 5.41) is 11.1. The molecule has 1 atom stereocenters. The second-order valence-corrected chi connectivity index (χ2v) is 11.1. The highest BCUT2D eigenvalue weighted by molar-refractivity contribution is 7.86. The van der Waals surface area contributed by atoms with Gasteiger partial charge in [0.25, 0.3) is 27.8 Å². The molecule has 0 saturated heterocycles. The lowest BCUT2D eigenvalue weighted by atomic mass is 10.1. The van der Waals surface area contributed by atoms with Gasteiger partial charge in [-0.25, -0.2) is 4.18 Å². The molecule has 0 bridgehead atoms. The van der Waals surface area contributed by atoms with Crippen molar-refractivity contribution in [2.24, 2.45) is 0 Å². The average molecular weight is 613 g/mol. The van der Waals surface area contributed by atoms with Crippen LogP contribution in [-0.2, 0) is 25.2 Å². The van der Waals surface area contributed by atoms with Crippen LogP contribution in [-0.4, -0.2) is 46.1 Å². The van der Waals surface area contributed by atoms with Crippen molar-refractivity contribution in [1.82, 2.24) is 0 Å². The fraction of sp³-hybridized carbons (Fsp3) is 0.231. The molecule has 0 radical (unpaired) electrons. The molecular weight excluding hydrogens is 589 g/mol. The first kappa shape index (κ1) is 30.1. The summed E-state index contributed by atoms with van der Waals surface area (Å²) in [6.45, 7) is 1.32. The van der Waals surface area contributed by atoms with Gasteiger partial charge in [0.05, 0.1) is 34.3 Å². The zero-order valence-corrected chi connectivity index (χ0v) is 23.3. The largest absolute Gasteiger partial charge is 0.417 e.